The molecule has 3 rings (SSSR count). The quantitative estimate of drug-likeness (QED) is 0.841. The van der Waals surface area contributed by atoms with Crippen molar-refractivity contribution in [3.05, 3.63) is 35.9 Å². The Labute approximate surface area is 159 Å². The second kappa shape index (κ2) is 9.57. The number of nitrogens with zero attached hydrogens (tertiary/aromatic N) is 3. The van der Waals surface area contributed by atoms with Crippen molar-refractivity contribution in [2.45, 2.75) is 19.1 Å². The van der Waals surface area contributed by atoms with Crippen LogP contribution in [-0.2, 0) is 16.1 Å². The van der Waals surface area contributed by atoms with E-state index in [-0.39, 0.29) is 12.2 Å². The summed E-state index contributed by atoms with van der Waals surface area (Å²) >= 11 is 0. The highest BCUT2D eigenvalue weighted by atomic mass is 16.6. The molecule has 8 nitrogen and oxygen atoms in total. The summed E-state index contributed by atoms with van der Waals surface area (Å²) in [4.78, 5) is 28.7. The fraction of sp³-hybridized carbons (Fsp3) is 0.579. The van der Waals surface area contributed by atoms with Gasteiger partial charge in [-0.15, -0.1) is 0 Å². The number of amides is 2. The van der Waals surface area contributed by atoms with E-state index < -0.39 is 6.09 Å². The summed E-state index contributed by atoms with van der Waals surface area (Å²) in [5.41, 5.74) is 0.979. The maximum Gasteiger partial charge on any atom is 0.410 e. The number of ether oxygens (including phenoxy) is 2. The molecule has 0 aromatic heterocycles. The summed E-state index contributed by atoms with van der Waals surface area (Å²) in [5, 5.41) is 9.08. The number of hydrogen-bond donors (Lipinski definition) is 1. The smallest absolute Gasteiger partial charge is 0.410 e. The molecule has 1 atom stereocenters. The summed E-state index contributed by atoms with van der Waals surface area (Å²) in [6, 6.07) is 9.65. The minimum atomic E-state index is -0.883. The number of carbonyl (C=O) groups is 2. The third-order valence-electron chi connectivity index (χ3n) is 5.01. The van der Waals surface area contributed by atoms with Gasteiger partial charge in [-0.1, -0.05) is 30.3 Å². The van der Waals surface area contributed by atoms with E-state index in [2.05, 4.69) is 4.90 Å². The van der Waals surface area contributed by atoms with Crippen molar-refractivity contribution >= 4 is 12.2 Å². The van der Waals surface area contributed by atoms with Crippen LogP contribution in [0.2, 0.25) is 0 Å². The van der Waals surface area contributed by atoms with Crippen molar-refractivity contribution in [3.63, 3.8) is 0 Å². The van der Waals surface area contributed by atoms with Crippen LogP contribution >= 0.6 is 0 Å². The predicted octanol–water partition coefficient (Wildman–Crippen LogP) is 1.71. The van der Waals surface area contributed by atoms with Gasteiger partial charge in [-0.05, 0) is 12.0 Å². The first-order valence-electron chi connectivity index (χ1n) is 9.39. The van der Waals surface area contributed by atoms with E-state index in [1.165, 1.54) is 4.90 Å². The van der Waals surface area contributed by atoms with Gasteiger partial charge in [0.05, 0.1) is 19.3 Å². The fourth-order valence-corrected chi connectivity index (χ4v) is 3.36. The Hall–Kier alpha value is -2.32. The zero-order valence-electron chi connectivity index (χ0n) is 15.5. The van der Waals surface area contributed by atoms with Crippen LogP contribution < -0.4 is 0 Å². The molecule has 2 amide bonds. The van der Waals surface area contributed by atoms with Crippen molar-refractivity contribution < 1.29 is 24.2 Å². The van der Waals surface area contributed by atoms with Gasteiger partial charge in [0.1, 0.15) is 6.61 Å². The maximum absolute atomic E-state index is 12.2. The highest BCUT2D eigenvalue weighted by Crippen LogP contribution is 2.12. The maximum atomic E-state index is 12.2. The van der Waals surface area contributed by atoms with Gasteiger partial charge in [0, 0.05) is 39.3 Å². The van der Waals surface area contributed by atoms with Crippen molar-refractivity contribution in [3.8, 4) is 0 Å². The molecule has 1 N–H and O–H groups in total. The van der Waals surface area contributed by atoms with Crippen LogP contribution in [0.3, 0.4) is 0 Å². The summed E-state index contributed by atoms with van der Waals surface area (Å²) in [6.45, 7) is 5.31. The molecule has 148 valence electrons. The second-order valence-electron chi connectivity index (χ2n) is 6.88. The van der Waals surface area contributed by atoms with Crippen LogP contribution in [0, 0.1) is 0 Å². The van der Waals surface area contributed by atoms with Crippen LogP contribution in [0.4, 0.5) is 9.59 Å². The zero-order chi connectivity index (χ0) is 19.1. The van der Waals surface area contributed by atoms with Crippen LogP contribution in [-0.4, -0.2) is 90.5 Å². The molecule has 1 aromatic rings. The van der Waals surface area contributed by atoms with Gasteiger partial charge in [-0.2, -0.15) is 0 Å². The van der Waals surface area contributed by atoms with Crippen molar-refractivity contribution in [2.24, 2.45) is 0 Å². The van der Waals surface area contributed by atoms with E-state index in [0.29, 0.717) is 39.4 Å². The Morgan fingerprint density at radius 1 is 1.07 bits per heavy atom. The van der Waals surface area contributed by atoms with Gasteiger partial charge in [-0.3, -0.25) is 4.90 Å². The second-order valence-corrected chi connectivity index (χ2v) is 6.88. The van der Waals surface area contributed by atoms with Crippen LogP contribution in [0.25, 0.3) is 0 Å². The molecule has 0 bridgehead atoms. The lowest BCUT2D eigenvalue weighted by molar-refractivity contribution is -0.0304. The Balaban J connectivity index is 1.34. The first kappa shape index (κ1) is 19.4. The number of hydrogen-bond acceptors (Lipinski definition) is 5. The number of carboxylic acid groups (broad SMARTS) is 1. The molecule has 0 aliphatic carbocycles. The third-order valence-corrected chi connectivity index (χ3v) is 5.01. The molecule has 0 radical (unpaired) electrons. The molecule has 27 heavy (non-hydrogen) atoms. The lowest BCUT2D eigenvalue weighted by Crippen LogP contribution is -2.50. The van der Waals surface area contributed by atoms with Gasteiger partial charge in [-0.25, -0.2) is 9.59 Å². The number of carbonyl (C=O) groups excluding carboxylic acids is 1. The molecular weight excluding hydrogens is 350 g/mol. The van der Waals surface area contributed by atoms with Crippen molar-refractivity contribution in [2.75, 3.05) is 52.4 Å². The Morgan fingerprint density at radius 2 is 1.81 bits per heavy atom. The van der Waals surface area contributed by atoms with E-state index in [4.69, 9.17) is 14.6 Å². The van der Waals surface area contributed by atoms with Gasteiger partial charge >= 0.3 is 12.2 Å². The average Bonchev–Trinajstić information content (AvgIpc) is 2.72. The Bertz CT molecular complexity index is 619. The minimum absolute atomic E-state index is 0.0521. The molecule has 1 aromatic carbocycles. The standard InChI is InChI=1S/C19H27N3O5/c23-18(24)22-12-13-26-17(14-22)6-7-20-8-10-21(11-9-20)19(25)27-15-16-4-2-1-3-5-16/h1-5,17H,6-15H2,(H,23,24)/t17-/m0/s1. The third kappa shape index (κ3) is 5.83. The van der Waals surface area contributed by atoms with Gasteiger partial charge < -0.3 is 24.4 Å². The van der Waals surface area contributed by atoms with Crippen LogP contribution in [0.1, 0.15) is 12.0 Å². The molecule has 2 aliphatic heterocycles. The molecule has 2 fully saturated rings. The Morgan fingerprint density at radius 3 is 2.52 bits per heavy atom. The topological polar surface area (TPSA) is 82.5 Å². The molecule has 0 unspecified atom stereocenters. The molecule has 0 saturated carbocycles. The molecular formula is C19H27N3O5. The number of piperazine rings is 1. The number of rotatable bonds is 5. The number of morpholine rings is 1. The lowest BCUT2D eigenvalue weighted by Gasteiger charge is -2.36. The first-order valence-corrected chi connectivity index (χ1v) is 9.39. The van der Waals surface area contributed by atoms with E-state index in [0.717, 1.165) is 31.6 Å². The molecule has 2 heterocycles. The zero-order valence-corrected chi connectivity index (χ0v) is 15.5. The SMILES string of the molecule is O=C(O)N1CCO[C@@H](CCN2CCN(C(=O)OCc3ccccc3)CC2)C1. The Kier molecular flexibility index (Phi) is 6.89. The van der Waals surface area contributed by atoms with Gasteiger partial charge in [0.2, 0.25) is 0 Å². The summed E-state index contributed by atoms with van der Waals surface area (Å²) in [5.74, 6) is 0. The lowest BCUT2D eigenvalue weighted by atomic mass is 10.2. The van der Waals surface area contributed by atoms with Crippen LogP contribution in [0.15, 0.2) is 30.3 Å². The number of benzene rings is 1. The van der Waals surface area contributed by atoms with E-state index in [1.807, 2.05) is 30.3 Å². The summed E-state index contributed by atoms with van der Waals surface area (Å²) in [7, 11) is 0. The van der Waals surface area contributed by atoms with Gasteiger partial charge in [0.15, 0.2) is 0 Å². The fourth-order valence-electron chi connectivity index (χ4n) is 3.36. The van der Waals surface area contributed by atoms with Crippen molar-refractivity contribution in [1.29, 1.82) is 0 Å². The highest BCUT2D eigenvalue weighted by molar-refractivity contribution is 5.67. The molecule has 2 aliphatic rings. The normalized spacial score (nSPS) is 21.1. The van der Waals surface area contributed by atoms with Crippen LogP contribution in [0.5, 0.6) is 0 Å². The van der Waals surface area contributed by atoms with Gasteiger partial charge in [0.25, 0.3) is 0 Å². The molecule has 2 saturated heterocycles. The average molecular weight is 377 g/mol. The van der Waals surface area contributed by atoms with E-state index >= 15 is 0 Å². The highest BCUT2D eigenvalue weighted by Gasteiger charge is 2.26. The summed E-state index contributed by atoms with van der Waals surface area (Å²) in [6.07, 6.45) is -0.414. The first-order chi connectivity index (χ1) is 13.1. The molecule has 8 heteroatoms. The molecule has 0 spiro atoms. The van der Waals surface area contributed by atoms with E-state index in [1.54, 1.807) is 4.90 Å². The largest absolute Gasteiger partial charge is 0.465 e. The predicted molar refractivity (Wildman–Crippen MR) is 98.6 cm³/mol. The minimum Gasteiger partial charge on any atom is -0.465 e. The summed E-state index contributed by atoms with van der Waals surface area (Å²) < 4.78 is 11.0. The van der Waals surface area contributed by atoms with E-state index in [9.17, 15) is 9.59 Å². The monoisotopic (exact) mass is 377 g/mol. The van der Waals surface area contributed by atoms with Crippen molar-refractivity contribution in [1.82, 2.24) is 14.7 Å².